The first-order valence-electron chi connectivity index (χ1n) is 9.47. The van der Waals surface area contributed by atoms with Crippen LogP contribution in [0, 0.1) is 12.8 Å². The number of carbonyl (C=O) groups excluding carboxylic acids is 1. The Bertz CT molecular complexity index is 776. The number of aryl methyl sites for hydroxylation is 1. The van der Waals surface area contributed by atoms with Crippen molar-refractivity contribution in [2.24, 2.45) is 5.92 Å². The van der Waals surface area contributed by atoms with Crippen LogP contribution in [-0.4, -0.2) is 64.7 Å². The zero-order valence-electron chi connectivity index (χ0n) is 15.9. The minimum atomic E-state index is -0.164. The van der Waals surface area contributed by atoms with Crippen LogP contribution in [0.4, 0.5) is 0 Å². The Morgan fingerprint density at radius 3 is 2.93 bits per heavy atom. The number of hydrogen-bond acceptors (Lipinski definition) is 6. The van der Waals surface area contributed by atoms with E-state index < -0.39 is 0 Å². The van der Waals surface area contributed by atoms with Gasteiger partial charge >= 0.3 is 0 Å². The van der Waals surface area contributed by atoms with Crippen LogP contribution >= 0.6 is 0 Å². The molecular formula is C20H26N4O3. The highest BCUT2D eigenvalue weighted by Gasteiger charge is 2.49. The van der Waals surface area contributed by atoms with Crippen LogP contribution in [-0.2, 0) is 11.3 Å². The fourth-order valence-corrected chi connectivity index (χ4v) is 4.03. The van der Waals surface area contributed by atoms with Gasteiger partial charge in [0, 0.05) is 31.5 Å². The summed E-state index contributed by atoms with van der Waals surface area (Å²) in [5, 5.41) is 3.79. The van der Waals surface area contributed by atoms with E-state index in [1.54, 1.807) is 17.2 Å². The summed E-state index contributed by atoms with van der Waals surface area (Å²) in [7, 11) is 2.14. The highest BCUT2D eigenvalue weighted by Crippen LogP contribution is 2.37. The largest absolute Gasteiger partial charge is 0.371 e. The van der Waals surface area contributed by atoms with E-state index in [4.69, 9.17) is 9.26 Å². The number of ether oxygens (including phenoxy) is 1. The van der Waals surface area contributed by atoms with Crippen molar-refractivity contribution in [2.75, 3.05) is 33.3 Å². The summed E-state index contributed by atoms with van der Waals surface area (Å²) in [5.41, 5.74) is 1.79. The molecule has 27 heavy (non-hydrogen) atoms. The van der Waals surface area contributed by atoms with Crippen molar-refractivity contribution < 1.29 is 14.1 Å². The number of amides is 1. The number of likely N-dealkylation sites (tertiary alicyclic amines) is 1. The molecule has 1 atom stereocenters. The molecule has 0 N–H and O–H groups in total. The standard InChI is InChI=1S/C20H26N4O3/c1-15-8-18(27-22-15)19(25)24-13-20(14-24)6-5-17(12-26-20)11-23(2)10-16-4-3-7-21-9-16/h3-4,7-9,17H,5-6,10-14H2,1-2H3. The van der Waals surface area contributed by atoms with Crippen LogP contribution in [0.3, 0.4) is 0 Å². The zero-order chi connectivity index (χ0) is 18.9. The predicted molar refractivity (Wildman–Crippen MR) is 99.1 cm³/mol. The third-order valence-corrected chi connectivity index (χ3v) is 5.46. The Balaban J connectivity index is 1.22. The van der Waals surface area contributed by atoms with Crippen molar-refractivity contribution in [3.05, 3.63) is 47.6 Å². The Morgan fingerprint density at radius 1 is 1.44 bits per heavy atom. The average molecular weight is 370 g/mol. The van der Waals surface area contributed by atoms with Gasteiger partial charge in [-0.15, -0.1) is 0 Å². The number of nitrogens with zero attached hydrogens (tertiary/aromatic N) is 4. The van der Waals surface area contributed by atoms with Crippen LogP contribution in [0.1, 0.15) is 34.7 Å². The average Bonchev–Trinajstić information content (AvgIpc) is 3.07. The van der Waals surface area contributed by atoms with Crippen LogP contribution in [0.2, 0.25) is 0 Å². The van der Waals surface area contributed by atoms with E-state index in [1.807, 2.05) is 19.2 Å². The Morgan fingerprint density at radius 2 is 2.30 bits per heavy atom. The number of hydrogen-bond donors (Lipinski definition) is 0. The molecule has 2 aromatic heterocycles. The number of aromatic nitrogens is 2. The van der Waals surface area contributed by atoms with Gasteiger partial charge in [0.05, 0.1) is 25.4 Å². The van der Waals surface area contributed by atoms with Crippen molar-refractivity contribution in [3.63, 3.8) is 0 Å². The molecule has 2 saturated heterocycles. The molecule has 144 valence electrons. The molecule has 7 heteroatoms. The van der Waals surface area contributed by atoms with Crippen LogP contribution in [0.5, 0.6) is 0 Å². The first-order valence-corrected chi connectivity index (χ1v) is 9.47. The van der Waals surface area contributed by atoms with E-state index >= 15 is 0 Å². The maximum absolute atomic E-state index is 12.4. The summed E-state index contributed by atoms with van der Waals surface area (Å²) in [4.78, 5) is 20.7. The molecule has 2 fully saturated rings. The summed E-state index contributed by atoms with van der Waals surface area (Å²) in [6, 6.07) is 5.76. The van der Waals surface area contributed by atoms with Gasteiger partial charge in [0.1, 0.15) is 5.60 Å². The van der Waals surface area contributed by atoms with Crippen LogP contribution in [0.25, 0.3) is 0 Å². The highest BCUT2D eigenvalue weighted by atomic mass is 16.5. The molecule has 1 spiro atoms. The van der Waals surface area contributed by atoms with Gasteiger partial charge < -0.3 is 19.1 Å². The maximum Gasteiger partial charge on any atom is 0.292 e. The summed E-state index contributed by atoms with van der Waals surface area (Å²) in [5.74, 6) is 0.746. The molecule has 1 amide bonds. The van der Waals surface area contributed by atoms with Crippen molar-refractivity contribution in [3.8, 4) is 0 Å². The van der Waals surface area contributed by atoms with Crippen molar-refractivity contribution in [2.45, 2.75) is 31.9 Å². The highest BCUT2D eigenvalue weighted by molar-refractivity contribution is 5.92. The lowest BCUT2D eigenvalue weighted by Crippen LogP contribution is -2.66. The predicted octanol–water partition coefficient (Wildman–Crippen LogP) is 2.13. The molecule has 2 aromatic rings. The van der Waals surface area contributed by atoms with E-state index in [0.717, 1.165) is 38.2 Å². The molecule has 0 radical (unpaired) electrons. The molecule has 7 nitrogen and oxygen atoms in total. The third-order valence-electron chi connectivity index (χ3n) is 5.46. The first-order chi connectivity index (χ1) is 13.0. The lowest BCUT2D eigenvalue weighted by Gasteiger charge is -2.52. The van der Waals surface area contributed by atoms with E-state index in [1.165, 1.54) is 5.56 Å². The van der Waals surface area contributed by atoms with Crippen LogP contribution < -0.4 is 0 Å². The molecule has 0 aliphatic carbocycles. The molecule has 2 aliphatic heterocycles. The fraction of sp³-hybridized carbons (Fsp3) is 0.550. The van der Waals surface area contributed by atoms with E-state index in [0.29, 0.717) is 24.8 Å². The zero-order valence-corrected chi connectivity index (χ0v) is 15.9. The molecular weight excluding hydrogens is 344 g/mol. The van der Waals surface area contributed by atoms with Gasteiger partial charge in [-0.05, 0) is 44.4 Å². The SMILES string of the molecule is Cc1cc(C(=O)N2CC3(CCC(CN(C)Cc4cccnc4)CO3)C2)on1. The number of carbonyl (C=O) groups is 1. The van der Waals surface area contributed by atoms with Crippen molar-refractivity contribution >= 4 is 5.91 Å². The molecule has 4 heterocycles. The monoisotopic (exact) mass is 370 g/mol. The summed E-state index contributed by atoms with van der Waals surface area (Å²) in [6.45, 7) is 5.75. The summed E-state index contributed by atoms with van der Waals surface area (Å²) >= 11 is 0. The lowest BCUT2D eigenvalue weighted by molar-refractivity contribution is -0.168. The number of rotatable bonds is 5. The topological polar surface area (TPSA) is 71.7 Å². The second kappa shape index (κ2) is 7.40. The maximum atomic E-state index is 12.4. The lowest BCUT2D eigenvalue weighted by atomic mass is 9.82. The minimum Gasteiger partial charge on any atom is -0.371 e. The second-order valence-corrected chi connectivity index (χ2v) is 7.95. The normalized spacial score (nSPS) is 21.4. The molecule has 0 bridgehead atoms. The summed E-state index contributed by atoms with van der Waals surface area (Å²) < 4.78 is 11.3. The fourth-order valence-electron chi connectivity index (χ4n) is 4.03. The number of pyridine rings is 1. The van der Waals surface area contributed by atoms with Gasteiger partial charge in [0.15, 0.2) is 0 Å². The van der Waals surface area contributed by atoms with Gasteiger partial charge in [-0.25, -0.2) is 0 Å². The summed E-state index contributed by atoms with van der Waals surface area (Å²) in [6.07, 6.45) is 5.84. The van der Waals surface area contributed by atoms with Crippen molar-refractivity contribution in [1.82, 2.24) is 19.9 Å². The van der Waals surface area contributed by atoms with E-state index in [9.17, 15) is 4.79 Å². The second-order valence-electron chi connectivity index (χ2n) is 7.95. The molecule has 4 rings (SSSR count). The molecule has 2 aliphatic rings. The molecule has 0 aromatic carbocycles. The molecule has 0 saturated carbocycles. The van der Waals surface area contributed by atoms with Gasteiger partial charge in [-0.1, -0.05) is 11.2 Å². The Labute approximate surface area is 159 Å². The van der Waals surface area contributed by atoms with E-state index in [-0.39, 0.29) is 11.5 Å². The smallest absolute Gasteiger partial charge is 0.292 e. The van der Waals surface area contributed by atoms with Gasteiger partial charge in [0.25, 0.3) is 5.91 Å². The Hall–Kier alpha value is -2.25. The third kappa shape index (κ3) is 4.04. The van der Waals surface area contributed by atoms with Gasteiger partial charge in [0.2, 0.25) is 5.76 Å². The quantitative estimate of drug-likeness (QED) is 0.803. The van der Waals surface area contributed by atoms with Gasteiger partial charge in [-0.3, -0.25) is 9.78 Å². The van der Waals surface area contributed by atoms with Crippen molar-refractivity contribution in [1.29, 1.82) is 0 Å². The van der Waals surface area contributed by atoms with E-state index in [2.05, 4.69) is 28.2 Å². The Kier molecular flexibility index (Phi) is 4.97. The minimum absolute atomic E-state index is 0.0943. The van der Waals surface area contributed by atoms with Crippen LogP contribution in [0.15, 0.2) is 35.1 Å². The first kappa shape index (κ1) is 18.1. The van der Waals surface area contributed by atoms with Gasteiger partial charge in [-0.2, -0.15) is 0 Å². The molecule has 1 unspecified atom stereocenters.